The first-order valence-electron chi connectivity index (χ1n) is 12.3. The maximum atomic E-state index is 14.8. The Labute approximate surface area is 205 Å². The third-order valence-corrected chi connectivity index (χ3v) is 7.83. The van der Waals surface area contributed by atoms with Crippen LogP contribution in [0.3, 0.4) is 0 Å². The number of hydrogen-bond donors (Lipinski definition) is 2. The van der Waals surface area contributed by atoms with E-state index in [0.717, 1.165) is 37.1 Å². The van der Waals surface area contributed by atoms with Crippen molar-refractivity contribution < 1.29 is 18.0 Å². The molecule has 9 heteroatoms. The minimum atomic E-state index is -0.874. The van der Waals surface area contributed by atoms with Gasteiger partial charge in [-0.25, -0.2) is 18.2 Å². The Bertz CT molecular complexity index is 1480. The number of alkyl halides is 1. The van der Waals surface area contributed by atoms with Gasteiger partial charge in [0.05, 0.1) is 11.1 Å². The number of amides is 1. The van der Waals surface area contributed by atoms with Crippen molar-refractivity contribution >= 4 is 22.8 Å². The monoisotopic (exact) mass is 494 g/mol. The van der Waals surface area contributed by atoms with Gasteiger partial charge in [0.25, 0.3) is 5.91 Å². The van der Waals surface area contributed by atoms with E-state index in [2.05, 4.69) is 15.6 Å². The van der Waals surface area contributed by atoms with Crippen LogP contribution in [0.1, 0.15) is 42.5 Å². The number of hydrogen-bond acceptors (Lipinski definition) is 4. The van der Waals surface area contributed by atoms with Gasteiger partial charge in [-0.2, -0.15) is 0 Å². The number of anilines is 1. The summed E-state index contributed by atoms with van der Waals surface area (Å²) in [6, 6.07) is 6.03. The zero-order chi connectivity index (χ0) is 25.0. The van der Waals surface area contributed by atoms with Crippen molar-refractivity contribution in [3.8, 4) is 5.69 Å². The molecule has 6 rings (SSSR count). The van der Waals surface area contributed by atoms with Gasteiger partial charge in [-0.1, -0.05) is 0 Å². The molecule has 0 radical (unpaired) electrons. The molecule has 1 amide bonds. The lowest BCUT2D eigenvalue weighted by molar-refractivity contribution is 0.0960. The van der Waals surface area contributed by atoms with Crippen molar-refractivity contribution in [1.82, 2.24) is 14.9 Å². The molecule has 3 aliphatic carbocycles. The maximum absolute atomic E-state index is 14.8. The molecule has 2 N–H and O–H groups in total. The quantitative estimate of drug-likeness (QED) is 0.513. The van der Waals surface area contributed by atoms with E-state index in [1.807, 2.05) is 0 Å². The second kappa shape index (κ2) is 8.80. The van der Waals surface area contributed by atoms with E-state index in [-0.39, 0.29) is 34.6 Å². The molecule has 36 heavy (non-hydrogen) atoms. The van der Waals surface area contributed by atoms with E-state index in [0.29, 0.717) is 17.8 Å². The molecule has 6 nitrogen and oxygen atoms in total. The summed E-state index contributed by atoms with van der Waals surface area (Å²) < 4.78 is 42.4. The summed E-state index contributed by atoms with van der Waals surface area (Å²) in [6.45, 7) is -0.618. The summed E-state index contributed by atoms with van der Waals surface area (Å²) >= 11 is 0. The first-order valence-corrected chi connectivity index (χ1v) is 12.3. The Kier molecular flexibility index (Phi) is 5.58. The van der Waals surface area contributed by atoms with Gasteiger partial charge in [-0.05, 0) is 79.7 Å². The molecule has 3 unspecified atom stereocenters. The van der Waals surface area contributed by atoms with E-state index in [9.17, 15) is 22.8 Å². The molecule has 2 aromatic heterocycles. The molecule has 3 atom stereocenters. The predicted octanol–water partition coefficient (Wildman–Crippen LogP) is 4.87. The fraction of sp³-hybridized carbons (Fsp3) is 0.370. The molecule has 2 saturated carbocycles. The number of allylic oxidation sites excluding steroid dienone is 2. The van der Waals surface area contributed by atoms with Gasteiger partial charge in [0, 0.05) is 24.5 Å². The highest BCUT2D eigenvalue weighted by atomic mass is 19.1. The van der Waals surface area contributed by atoms with Gasteiger partial charge >= 0.3 is 0 Å². The first-order chi connectivity index (χ1) is 17.4. The van der Waals surface area contributed by atoms with Crippen molar-refractivity contribution in [2.24, 2.45) is 17.8 Å². The minimum Gasteiger partial charge on any atom is -0.367 e. The zero-order valence-electron chi connectivity index (χ0n) is 19.5. The minimum absolute atomic E-state index is 0.00836. The van der Waals surface area contributed by atoms with Crippen LogP contribution in [0.15, 0.2) is 52.6 Å². The molecule has 2 heterocycles. The summed E-state index contributed by atoms with van der Waals surface area (Å²) in [4.78, 5) is 31.2. The van der Waals surface area contributed by atoms with E-state index >= 15 is 0 Å². The molecule has 0 aliphatic heterocycles. The molecule has 2 bridgehead atoms. The molecule has 3 aliphatic rings. The lowest BCUT2D eigenvalue weighted by Crippen LogP contribution is -2.32. The normalized spacial score (nSPS) is 22.4. The fourth-order valence-electron chi connectivity index (χ4n) is 6.31. The Balaban J connectivity index is 1.46. The van der Waals surface area contributed by atoms with E-state index < -0.39 is 29.6 Å². The van der Waals surface area contributed by atoms with Crippen LogP contribution in [0.5, 0.6) is 0 Å². The standard InChI is InChI=1S/C27H25F3N4O2/c28-7-8-31-24-6-4-18-25(35)20(13-34(26(18)33-24)23-5-2-16(29)12-21(23)30)27(36)32-22-11-14-9-15-1-3-17(22)19(15)10-14/h2,4-6,12-15,19H,1,3,7-11H2,(H,31,33)(H,32,36). The van der Waals surface area contributed by atoms with Crippen molar-refractivity contribution in [2.45, 2.75) is 32.1 Å². The average molecular weight is 495 g/mol. The highest BCUT2D eigenvalue weighted by Crippen LogP contribution is 2.55. The number of nitrogens with zero attached hydrogens (tertiary/aromatic N) is 2. The molecular weight excluding hydrogens is 469 g/mol. The molecule has 2 fully saturated rings. The van der Waals surface area contributed by atoms with Gasteiger partial charge in [0.15, 0.2) is 5.65 Å². The van der Waals surface area contributed by atoms with E-state index in [1.165, 1.54) is 47.4 Å². The van der Waals surface area contributed by atoms with E-state index in [4.69, 9.17) is 0 Å². The number of carbonyl (C=O) groups is 1. The van der Waals surface area contributed by atoms with Crippen molar-refractivity contribution in [2.75, 3.05) is 18.5 Å². The Hall–Kier alpha value is -3.62. The first kappa shape index (κ1) is 22.8. The van der Waals surface area contributed by atoms with Gasteiger partial charge in [0.2, 0.25) is 5.43 Å². The van der Waals surface area contributed by atoms with Crippen LogP contribution in [0.25, 0.3) is 16.7 Å². The molecule has 186 valence electrons. The highest BCUT2D eigenvalue weighted by Gasteiger charge is 2.45. The summed E-state index contributed by atoms with van der Waals surface area (Å²) in [5, 5.41) is 5.90. The zero-order valence-corrected chi connectivity index (χ0v) is 19.5. The Morgan fingerprint density at radius 1 is 1.17 bits per heavy atom. The third-order valence-electron chi connectivity index (χ3n) is 7.83. The van der Waals surface area contributed by atoms with Crippen LogP contribution in [0, 0.1) is 29.4 Å². The second-order valence-corrected chi connectivity index (χ2v) is 9.93. The number of pyridine rings is 2. The van der Waals surface area contributed by atoms with Gasteiger partial charge < -0.3 is 10.6 Å². The van der Waals surface area contributed by atoms with Gasteiger partial charge in [0.1, 0.15) is 29.7 Å². The molecular formula is C27H25F3N4O2. The van der Waals surface area contributed by atoms with Crippen molar-refractivity contribution in [1.29, 1.82) is 0 Å². The second-order valence-electron chi connectivity index (χ2n) is 9.93. The number of rotatable bonds is 6. The Morgan fingerprint density at radius 3 is 2.83 bits per heavy atom. The lowest BCUT2D eigenvalue weighted by Gasteiger charge is -2.25. The molecule has 0 saturated heterocycles. The summed E-state index contributed by atoms with van der Waals surface area (Å²) in [7, 11) is 0. The van der Waals surface area contributed by atoms with E-state index in [1.54, 1.807) is 0 Å². The summed E-state index contributed by atoms with van der Waals surface area (Å²) in [5.74, 6) is -0.113. The number of halogens is 3. The lowest BCUT2D eigenvalue weighted by atomic mass is 9.86. The van der Waals surface area contributed by atoms with Crippen molar-refractivity contribution in [3.63, 3.8) is 0 Å². The summed E-state index contributed by atoms with van der Waals surface area (Å²) in [6.07, 6.45) is 6.53. The van der Waals surface area contributed by atoms with Gasteiger partial charge in [-0.3, -0.25) is 14.2 Å². The topological polar surface area (TPSA) is 76.0 Å². The smallest absolute Gasteiger partial charge is 0.260 e. The van der Waals surface area contributed by atoms with Crippen LogP contribution < -0.4 is 16.1 Å². The fourth-order valence-corrected chi connectivity index (χ4v) is 6.31. The molecule has 1 aromatic carbocycles. The van der Waals surface area contributed by atoms with Crippen molar-refractivity contribution in [3.05, 3.63) is 75.2 Å². The largest absolute Gasteiger partial charge is 0.367 e. The number of fused-ring (bicyclic) bond motifs is 2. The van der Waals surface area contributed by atoms with Crippen LogP contribution >= 0.6 is 0 Å². The number of aromatic nitrogens is 2. The molecule has 0 spiro atoms. The maximum Gasteiger partial charge on any atom is 0.260 e. The number of nitrogens with one attached hydrogen (secondary N) is 2. The summed E-state index contributed by atoms with van der Waals surface area (Å²) in [5.41, 5.74) is 1.53. The third kappa shape index (κ3) is 3.77. The predicted molar refractivity (Wildman–Crippen MR) is 130 cm³/mol. The number of benzene rings is 1. The average Bonchev–Trinajstić information content (AvgIpc) is 3.40. The van der Waals surface area contributed by atoms with Crippen LogP contribution in [-0.2, 0) is 0 Å². The van der Waals surface area contributed by atoms with Gasteiger partial charge in [-0.15, -0.1) is 0 Å². The highest BCUT2D eigenvalue weighted by molar-refractivity contribution is 5.98. The molecule has 3 aromatic rings. The SMILES string of the molecule is O=C(NC1=C2CCC3CC(C1)CC23)c1cn(-c2ccc(F)cc2F)c2nc(NCCF)ccc2c1=O. The van der Waals surface area contributed by atoms with Crippen LogP contribution in [0.2, 0.25) is 0 Å². The van der Waals surface area contributed by atoms with Crippen LogP contribution in [0.4, 0.5) is 19.0 Å². The van der Waals surface area contributed by atoms with Crippen LogP contribution in [-0.4, -0.2) is 28.7 Å². The Morgan fingerprint density at radius 2 is 2.03 bits per heavy atom. The number of carbonyl (C=O) groups excluding carboxylic acids is 1.